The number of nitrogens with zero attached hydrogens (tertiary/aromatic N) is 2. The van der Waals surface area contributed by atoms with Crippen molar-refractivity contribution in [2.45, 2.75) is 25.0 Å². The molecular weight excluding hydrogens is 372 g/mol. The van der Waals surface area contributed by atoms with E-state index < -0.39 is 0 Å². The lowest BCUT2D eigenvalue weighted by molar-refractivity contribution is -0.0568. The monoisotopic (exact) mass is 398 g/mol. The van der Waals surface area contributed by atoms with Crippen LogP contribution in [0, 0.1) is 11.8 Å². The highest BCUT2D eigenvalue weighted by Crippen LogP contribution is 2.43. The molecule has 1 aromatic heterocycles. The molecule has 4 heterocycles. The Morgan fingerprint density at radius 1 is 1.13 bits per heavy atom. The number of carbonyl (C=O) groups is 1. The van der Waals surface area contributed by atoms with Gasteiger partial charge in [-0.05, 0) is 55.5 Å². The van der Waals surface area contributed by atoms with Crippen LogP contribution in [0.4, 0.5) is 0 Å². The van der Waals surface area contributed by atoms with E-state index in [4.69, 9.17) is 4.74 Å². The van der Waals surface area contributed by atoms with Crippen molar-refractivity contribution in [2.75, 3.05) is 13.1 Å². The lowest BCUT2D eigenvalue weighted by Gasteiger charge is -2.51. The topological polar surface area (TPSA) is 42.4 Å². The molecule has 0 aliphatic carbocycles. The number of pyridine rings is 1. The maximum Gasteiger partial charge on any atom is 0.338 e. The van der Waals surface area contributed by atoms with Crippen LogP contribution in [0.2, 0.25) is 0 Å². The molecule has 3 fully saturated rings. The summed E-state index contributed by atoms with van der Waals surface area (Å²) in [7, 11) is 0. The molecule has 0 radical (unpaired) electrons. The van der Waals surface area contributed by atoms with Gasteiger partial charge in [0.15, 0.2) is 0 Å². The van der Waals surface area contributed by atoms with Crippen molar-refractivity contribution < 1.29 is 9.53 Å². The van der Waals surface area contributed by atoms with E-state index in [0.29, 0.717) is 17.4 Å². The average Bonchev–Trinajstić information content (AvgIpc) is 2.83. The zero-order valence-corrected chi connectivity index (χ0v) is 17.0. The first-order chi connectivity index (χ1) is 14.7. The van der Waals surface area contributed by atoms with Gasteiger partial charge in [0.1, 0.15) is 6.10 Å². The molecule has 4 nitrogen and oxygen atoms in total. The van der Waals surface area contributed by atoms with Crippen molar-refractivity contribution in [1.29, 1.82) is 0 Å². The number of piperidine rings is 3. The maximum absolute atomic E-state index is 13.1. The summed E-state index contributed by atoms with van der Waals surface area (Å²) in [6, 6.07) is 19.5. The van der Waals surface area contributed by atoms with E-state index in [2.05, 4.69) is 28.6 Å². The summed E-state index contributed by atoms with van der Waals surface area (Å²) in [5.41, 5.74) is 2.55. The van der Waals surface area contributed by atoms with Gasteiger partial charge in [-0.3, -0.25) is 9.88 Å². The zero-order chi connectivity index (χ0) is 20.5. The van der Waals surface area contributed by atoms with Crippen molar-refractivity contribution in [3.63, 3.8) is 0 Å². The summed E-state index contributed by atoms with van der Waals surface area (Å²) in [5, 5.41) is 1.05. The number of carbonyl (C=O) groups excluding carboxylic acids is 1. The molecular formula is C26H26N2O2. The maximum atomic E-state index is 13.1. The highest BCUT2D eigenvalue weighted by atomic mass is 16.5. The molecule has 2 aromatic carbocycles. The fourth-order valence-electron chi connectivity index (χ4n) is 5.17. The molecule has 3 saturated heterocycles. The van der Waals surface area contributed by atoms with Gasteiger partial charge in [-0.2, -0.15) is 0 Å². The molecule has 0 spiro atoms. The van der Waals surface area contributed by atoms with Crippen molar-refractivity contribution in [3.8, 4) is 0 Å². The molecule has 4 heteroatoms. The molecule has 30 heavy (non-hydrogen) atoms. The molecule has 0 amide bonds. The SMILES string of the molecule is C=C[C@@H]1CN2CC[C@H]1C[C@H]2[C@H](OC(=O)c1ccccc1)c1ccnc2ccccc12. The van der Waals surface area contributed by atoms with Gasteiger partial charge < -0.3 is 4.74 Å². The second-order valence-corrected chi connectivity index (χ2v) is 8.36. The van der Waals surface area contributed by atoms with Gasteiger partial charge in [0, 0.05) is 23.7 Å². The highest BCUT2D eigenvalue weighted by Gasteiger charge is 2.44. The summed E-state index contributed by atoms with van der Waals surface area (Å²) in [6.45, 7) is 6.07. The minimum atomic E-state index is -0.334. The van der Waals surface area contributed by atoms with Crippen LogP contribution >= 0.6 is 0 Å². The first kappa shape index (κ1) is 19.0. The number of aromatic nitrogens is 1. The fourth-order valence-corrected chi connectivity index (χ4v) is 5.17. The molecule has 3 aliphatic rings. The van der Waals surface area contributed by atoms with Crippen LogP contribution in [0.15, 0.2) is 79.5 Å². The van der Waals surface area contributed by atoms with E-state index in [-0.39, 0.29) is 18.1 Å². The molecule has 3 aliphatic heterocycles. The lowest BCUT2D eigenvalue weighted by atomic mass is 9.73. The first-order valence-corrected chi connectivity index (χ1v) is 10.7. The minimum absolute atomic E-state index is 0.165. The number of fused-ring (bicyclic) bond motifs is 4. The normalized spacial score (nSPS) is 26.3. The smallest absolute Gasteiger partial charge is 0.338 e. The van der Waals surface area contributed by atoms with Crippen LogP contribution in [0.1, 0.15) is 34.9 Å². The third-order valence-corrected chi connectivity index (χ3v) is 6.74. The number of hydrogen-bond acceptors (Lipinski definition) is 4. The molecule has 0 saturated carbocycles. The van der Waals surface area contributed by atoms with Crippen molar-refractivity contribution in [2.24, 2.45) is 11.8 Å². The van der Waals surface area contributed by atoms with Gasteiger partial charge in [-0.15, -0.1) is 6.58 Å². The lowest BCUT2D eigenvalue weighted by Crippen LogP contribution is -2.55. The molecule has 5 atom stereocenters. The van der Waals surface area contributed by atoms with E-state index in [9.17, 15) is 4.79 Å². The van der Waals surface area contributed by atoms with Crippen LogP contribution in [0.3, 0.4) is 0 Å². The van der Waals surface area contributed by atoms with E-state index in [1.165, 1.54) is 6.42 Å². The van der Waals surface area contributed by atoms with Crippen LogP contribution in [0.5, 0.6) is 0 Å². The van der Waals surface area contributed by atoms with Crippen LogP contribution in [-0.4, -0.2) is 35.0 Å². The van der Waals surface area contributed by atoms with Crippen molar-refractivity contribution in [3.05, 3.63) is 90.6 Å². The second kappa shape index (κ2) is 8.04. The Labute approximate surface area is 177 Å². The Morgan fingerprint density at radius 3 is 2.70 bits per heavy atom. The Kier molecular flexibility index (Phi) is 5.09. The largest absolute Gasteiger partial charge is 0.452 e. The van der Waals surface area contributed by atoms with Crippen molar-refractivity contribution >= 4 is 16.9 Å². The van der Waals surface area contributed by atoms with Crippen LogP contribution < -0.4 is 0 Å². The highest BCUT2D eigenvalue weighted by molar-refractivity contribution is 5.90. The van der Waals surface area contributed by atoms with Gasteiger partial charge in [-0.25, -0.2) is 4.79 Å². The third kappa shape index (κ3) is 3.41. The number of para-hydroxylation sites is 1. The van der Waals surface area contributed by atoms with Crippen molar-refractivity contribution in [1.82, 2.24) is 9.88 Å². The summed E-state index contributed by atoms with van der Waals surface area (Å²) < 4.78 is 6.26. The predicted octanol–water partition coefficient (Wildman–Crippen LogP) is 5.03. The number of rotatable bonds is 5. The Morgan fingerprint density at radius 2 is 1.93 bits per heavy atom. The average molecular weight is 399 g/mol. The molecule has 1 unspecified atom stereocenters. The molecule has 6 rings (SSSR count). The van der Waals surface area contributed by atoms with Gasteiger partial charge in [0.05, 0.1) is 17.1 Å². The summed E-state index contributed by atoms with van der Waals surface area (Å²) >= 11 is 0. The number of benzene rings is 2. The Balaban J connectivity index is 1.54. The molecule has 152 valence electrons. The number of ether oxygens (including phenoxy) is 1. The molecule has 2 bridgehead atoms. The molecule has 3 aromatic rings. The third-order valence-electron chi connectivity index (χ3n) is 6.74. The van der Waals surface area contributed by atoms with Crippen LogP contribution in [-0.2, 0) is 4.74 Å². The minimum Gasteiger partial charge on any atom is -0.452 e. The number of esters is 1. The quantitative estimate of drug-likeness (QED) is 0.447. The van der Waals surface area contributed by atoms with E-state index in [0.717, 1.165) is 36.0 Å². The van der Waals surface area contributed by atoms with Gasteiger partial charge >= 0.3 is 5.97 Å². The summed E-state index contributed by atoms with van der Waals surface area (Å²) in [5.74, 6) is 0.850. The number of hydrogen-bond donors (Lipinski definition) is 0. The van der Waals surface area contributed by atoms with Gasteiger partial charge in [0.25, 0.3) is 0 Å². The standard InChI is InChI=1S/C26H26N2O2/c1-2-18-17-28-15-13-20(18)16-24(28)25(30-26(29)19-8-4-3-5-9-19)22-12-14-27-23-11-7-6-10-21(22)23/h2-12,14,18,20,24-25H,1,13,15-17H2/t18-,20+,24+,25-/m1/s1. The van der Waals surface area contributed by atoms with E-state index in [1.807, 2.05) is 60.8 Å². The summed E-state index contributed by atoms with van der Waals surface area (Å²) in [6.07, 6.45) is 5.78. The second-order valence-electron chi connectivity index (χ2n) is 8.36. The predicted molar refractivity (Wildman–Crippen MR) is 118 cm³/mol. The molecule has 0 N–H and O–H groups in total. The van der Waals surface area contributed by atoms with Crippen LogP contribution in [0.25, 0.3) is 10.9 Å². The Bertz CT molecular complexity index is 1060. The first-order valence-electron chi connectivity index (χ1n) is 10.7. The fraction of sp³-hybridized carbons (Fsp3) is 0.308. The van der Waals surface area contributed by atoms with Gasteiger partial charge in [0.2, 0.25) is 0 Å². The summed E-state index contributed by atoms with van der Waals surface area (Å²) in [4.78, 5) is 20.1. The van der Waals surface area contributed by atoms with Gasteiger partial charge in [-0.1, -0.05) is 42.5 Å². The zero-order valence-electron chi connectivity index (χ0n) is 17.0. The van der Waals surface area contributed by atoms with E-state index >= 15 is 0 Å². The van der Waals surface area contributed by atoms with E-state index in [1.54, 1.807) is 0 Å². The Hall–Kier alpha value is -2.98.